The van der Waals surface area contributed by atoms with Crippen molar-refractivity contribution in [3.63, 3.8) is 0 Å². The highest BCUT2D eigenvalue weighted by Crippen LogP contribution is 2.13. The molecule has 0 bridgehead atoms. The molecule has 1 amide bonds. The highest BCUT2D eigenvalue weighted by atomic mass is 32.2. The first-order valence-corrected chi connectivity index (χ1v) is 8.29. The van der Waals surface area contributed by atoms with Gasteiger partial charge in [0.2, 0.25) is 0 Å². The zero-order valence-corrected chi connectivity index (χ0v) is 12.2. The number of nitrogens with two attached hydrogens (primary N) is 1. The topological polar surface area (TPSA) is 89.3 Å². The molecule has 2 rings (SSSR count). The Hall–Kier alpha value is -1.70. The van der Waals surface area contributed by atoms with Gasteiger partial charge in [-0.2, -0.15) is 0 Å². The SMILES string of the molecule is NCCc1ccc(S(=O)(=O)NC(=O)c2cccs2)cc1. The van der Waals surface area contributed by atoms with E-state index in [1.54, 1.807) is 29.6 Å². The Morgan fingerprint density at radius 2 is 1.90 bits per heavy atom. The minimum atomic E-state index is -3.84. The van der Waals surface area contributed by atoms with Crippen LogP contribution in [0.15, 0.2) is 46.7 Å². The smallest absolute Gasteiger partial charge is 0.275 e. The maximum atomic E-state index is 12.1. The molecule has 0 saturated carbocycles. The van der Waals surface area contributed by atoms with Crippen molar-refractivity contribution >= 4 is 27.3 Å². The lowest BCUT2D eigenvalue weighted by molar-refractivity contribution is 0.0985. The Kier molecular flexibility index (Phi) is 4.53. The second-order valence-corrected chi connectivity index (χ2v) is 6.72. The van der Waals surface area contributed by atoms with Gasteiger partial charge in [-0.3, -0.25) is 4.79 Å². The van der Waals surface area contributed by atoms with Crippen molar-refractivity contribution in [1.29, 1.82) is 0 Å². The van der Waals surface area contributed by atoms with Gasteiger partial charge in [-0.1, -0.05) is 18.2 Å². The fourth-order valence-corrected chi connectivity index (χ4v) is 3.29. The summed E-state index contributed by atoms with van der Waals surface area (Å²) in [5.74, 6) is -0.619. The fraction of sp³-hybridized carbons (Fsp3) is 0.154. The molecule has 20 heavy (non-hydrogen) atoms. The average molecular weight is 310 g/mol. The van der Waals surface area contributed by atoms with Crippen LogP contribution >= 0.6 is 11.3 Å². The van der Waals surface area contributed by atoms with Gasteiger partial charge in [-0.15, -0.1) is 11.3 Å². The molecule has 1 aromatic heterocycles. The first-order chi connectivity index (χ1) is 9.53. The highest BCUT2D eigenvalue weighted by molar-refractivity contribution is 7.90. The van der Waals surface area contributed by atoms with Crippen molar-refractivity contribution < 1.29 is 13.2 Å². The maximum Gasteiger partial charge on any atom is 0.275 e. The van der Waals surface area contributed by atoms with E-state index in [2.05, 4.69) is 0 Å². The molecule has 0 spiro atoms. The van der Waals surface area contributed by atoms with Crippen LogP contribution in [0.1, 0.15) is 15.2 Å². The summed E-state index contributed by atoms with van der Waals surface area (Å²) in [5, 5.41) is 1.71. The van der Waals surface area contributed by atoms with Gasteiger partial charge < -0.3 is 5.73 Å². The maximum absolute atomic E-state index is 12.1. The molecule has 0 fully saturated rings. The molecule has 1 aromatic carbocycles. The van der Waals surface area contributed by atoms with E-state index >= 15 is 0 Å². The zero-order chi connectivity index (χ0) is 14.6. The third-order valence-corrected chi connectivity index (χ3v) is 4.85. The summed E-state index contributed by atoms with van der Waals surface area (Å²) < 4.78 is 26.2. The minimum Gasteiger partial charge on any atom is -0.330 e. The summed E-state index contributed by atoms with van der Waals surface area (Å²) in [7, 11) is -3.84. The Labute approximate surface area is 121 Å². The van der Waals surface area contributed by atoms with Gasteiger partial charge in [0.1, 0.15) is 0 Å². The van der Waals surface area contributed by atoms with Gasteiger partial charge in [0, 0.05) is 0 Å². The van der Waals surface area contributed by atoms with E-state index in [9.17, 15) is 13.2 Å². The third-order valence-electron chi connectivity index (χ3n) is 2.64. The van der Waals surface area contributed by atoms with Crippen molar-refractivity contribution in [1.82, 2.24) is 4.72 Å². The molecule has 5 nitrogen and oxygen atoms in total. The van der Waals surface area contributed by atoms with E-state index in [-0.39, 0.29) is 4.90 Å². The van der Waals surface area contributed by atoms with Crippen LogP contribution in [-0.2, 0) is 16.4 Å². The first kappa shape index (κ1) is 14.7. The second-order valence-electron chi connectivity index (χ2n) is 4.09. The number of sulfonamides is 1. The predicted molar refractivity (Wildman–Crippen MR) is 78.2 cm³/mol. The number of amides is 1. The highest BCUT2D eigenvalue weighted by Gasteiger charge is 2.18. The Morgan fingerprint density at radius 1 is 1.20 bits per heavy atom. The summed E-state index contributed by atoms with van der Waals surface area (Å²) in [6, 6.07) is 9.58. The summed E-state index contributed by atoms with van der Waals surface area (Å²) in [4.78, 5) is 12.2. The van der Waals surface area contributed by atoms with E-state index in [1.165, 1.54) is 23.5 Å². The number of nitrogens with one attached hydrogen (secondary N) is 1. The van der Waals surface area contributed by atoms with Crippen LogP contribution in [0, 0.1) is 0 Å². The number of carbonyl (C=O) groups excluding carboxylic acids is 1. The molecule has 0 radical (unpaired) electrons. The molecule has 7 heteroatoms. The standard InChI is InChI=1S/C13H14N2O3S2/c14-8-7-10-3-5-11(6-4-10)20(17,18)15-13(16)12-2-1-9-19-12/h1-6,9H,7-8,14H2,(H,15,16). The van der Waals surface area contributed by atoms with Gasteiger partial charge >= 0.3 is 0 Å². The van der Waals surface area contributed by atoms with Gasteiger partial charge in [-0.25, -0.2) is 13.1 Å². The van der Waals surface area contributed by atoms with Crippen LogP contribution in [0.25, 0.3) is 0 Å². The zero-order valence-electron chi connectivity index (χ0n) is 10.6. The number of thiophene rings is 1. The van der Waals surface area contributed by atoms with Gasteiger partial charge in [0.25, 0.3) is 15.9 Å². The van der Waals surface area contributed by atoms with Crippen LogP contribution in [0.5, 0.6) is 0 Å². The van der Waals surface area contributed by atoms with E-state index in [1.807, 2.05) is 4.72 Å². The van der Waals surface area contributed by atoms with Gasteiger partial charge in [0.15, 0.2) is 0 Å². The normalized spacial score (nSPS) is 11.2. The lowest BCUT2D eigenvalue weighted by Crippen LogP contribution is -2.29. The molecule has 0 atom stereocenters. The molecule has 0 unspecified atom stereocenters. The Morgan fingerprint density at radius 3 is 2.45 bits per heavy atom. The molecule has 0 aliphatic heterocycles. The molecular formula is C13H14N2O3S2. The molecule has 0 saturated heterocycles. The second kappa shape index (κ2) is 6.17. The lowest BCUT2D eigenvalue weighted by atomic mass is 10.2. The van der Waals surface area contributed by atoms with E-state index in [0.717, 1.165) is 5.56 Å². The predicted octanol–water partition coefficient (Wildman–Crippen LogP) is 1.37. The van der Waals surface area contributed by atoms with Crippen LogP contribution in [0.2, 0.25) is 0 Å². The summed E-state index contributed by atoms with van der Waals surface area (Å²) in [5.41, 5.74) is 6.39. The monoisotopic (exact) mass is 310 g/mol. The number of carbonyl (C=O) groups is 1. The van der Waals surface area contributed by atoms with Crippen LogP contribution in [-0.4, -0.2) is 20.9 Å². The van der Waals surface area contributed by atoms with Crippen molar-refractivity contribution in [2.45, 2.75) is 11.3 Å². The summed E-state index contributed by atoms with van der Waals surface area (Å²) in [6.07, 6.45) is 0.682. The number of benzene rings is 1. The van der Waals surface area contributed by atoms with Crippen molar-refractivity contribution in [3.05, 3.63) is 52.2 Å². The first-order valence-electron chi connectivity index (χ1n) is 5.92. The number of rotatable bonds is 5. The molecule has 3 N–H and O–H groups in total. The minimum absolute atomic E-state index is 0.0585. The number of hydrogen-bond donors (Lipinski definition) is 2. The van der Waals surface area contributed by atoms with Crippen molar-refractivity contribution in [2.24, 2.45) is 5.73 Å². The summed E-state index contributed by atoms with van der Waals surface area (Å²) >= 11 is 1.19. The largest absolute Gasteiger partial charge is 0.330 e. The summed E-state index contributed by atoms with van der Waals surface area (Å²) in [6.45, 7) is 0.501. The molecule has 0 aliphatic rings. The van der Waals surface area contributed by atoms with E-state index in [0.29, 0.717) is 17.8 Å². The van der Waals surface area contributed by atoms with Gasteiger partial charge in [0.05, 0.1) is 9.77 Å². The van der Waals surface area contributed by atoms with E-state index in [4.69, 9.17) is 5.73 Å². The van der Waals surface area contributed by atoms with E-state index < -0.39 is 15.9 Å². The van der Waals surface area contributed by atoms with Gasteiger partial charge in [-0.05, 0) is 42.1 Å². The van der Waals surface area contributed by atoms with Crippen LogP contribution in [0.3, 0.4) is 0 Å². The quantitative estimate of drug-likeness (QED) is 0.873. The van der Waals surface area contributed by atoms with Crippen molar-refractivity contribution in [2.75, 3.05) is 6.54 Å². The number of hydrogen-bond acceptors (Lipinski definition) is 5. The average Bonchev–Trinajstić information content (AvgIpc) is 2.93. The van der Waals surface area contributed by atoms with Crippen LogP contribution in [0.4, 0.5) is 0 Å². The molecule has 0 aliphatic carbocycles. The molecule has 2 aromatic rings. The Balaban J connectivity index is 2.16. The van der Waals surface area contributed by atoms with Crippen LogP contribution < -0.4 is 10.5 Å². The van der Waals surface area contributed by atoms with Crippen molar-refractivity contribution in [3.8, 4) is 0 Å². The molecular weight excluding hydrogens is 296 g/mol. The molecule has 106 valence electrons. The third kappa shape index (κ3) is 3.44. The fourth-order valence-electron chi connectivity index (χ4n) is 1.64. The lowest BCUT2D eigenvalue weighted by Gasteiger charge is -2.06. The molecule has 1 heterocycles. The Bertz CT molecular complexity index is 677.